The van der Waals surface area contributed by atoms with Crippen molar-refractivity contribution in [3.8, 4) is 0 Å². The highest BCUT2D eigenvalue weighted by atomic mass is 32.1. The predicted molar refractivity (Wildman–Crippen MR) is 79.7 cm³/mol. The molecule has 120 valence electrons. The van der Waals surface area contributed by atoms with Gasteiger partial charge in [0.15, 0.2) is 16.6 Å². The van der Waals surface area contributed by atoms with Crippen LogP contribution in [0.4, 0.5) is 0 Å². The molecule has 1 aliphatic rings. The van der Waals surface area contributed by atoms with E-state index in [1.165, 1.54) is 6.33 Å². The van der Waals surface area contributed by atoms with E-state index in [4.69, 9.17) is 17.0 Å². The molecule has 2 aromatic heterocycles. The maximum atomic E-state index is 10.8. The Bertz CT molecular complexity index is 760. The molecule has 0 amide bonds. The van der Waals surface area contributed by atoms with Gasteiger partial charge in [-0.05, 0) is 25.6 Å². The summed E-state index contributed by atoms with van der Waals surface area (Å²) in [6.45, 7) is 3.17. The van der Waals surface area contributed by atoms with Crippen LogP contribution in [0.15, 0.2) is 6.33 Å². The van der Waals surface area contributed by atoms with E-state index in [0.29, 0.717) is 15.9 Å². The Kier molecular flexibility index (Phi) is 3.77. The number of aliphatic hydroxyl groups is 3. The molecule has 0 unspecified atom stereocenters. The average Bonchev–Trinajstić information content (AvgIpc) is 3.00. The second-order valence-electron chi connectivity index (χ2n) is 5.49. The molecule has 0 aliphatic carbocycles. The van der Waals surface area contributed by atoms with Crippen molar-refractivity contribution < 1.29 is 20.1 Å². The number of fused-ring (bicyclic) bond motifs is 1. The second kappa shape index (κ2) is 5.36. The summed E-state index contributed by atoms with van der Waals surface area (Å²) >= 11 is 5.08. The van der Waals surface area contributed by atoms with Crippen molar-refractivity contribution in [3.63, 3.8) is 0 Å². The van der Waals surface area contributed by atoms with E-state index in [1.54, 1.807) is 11.5 Å². The molecule has 3 heterocycles. The Morgan fingerprint density at radius 1 is 1.55 bits per heavy atom. The van der Waals surface area contributed by atoms with Crippen molar-refractivity contribution in [2.24, 2.45) is 0 Å². The molecule has 8 nitrogen and oxygen atoms in total. The smallest absolute Gasteiger partial charge is 0.199 e. The fraction of sp³-hybridized carbons (Fsp3) is 0.615. The van der Waals surface area contributed by atoms with Crippen molar-refractivity contribution in [3.05, 3.63) is 16.8 Å². The van der Waals surface area contributed by atoms with Gasteiger partial charge in [-0.1, -0.05) is 6.92 Å². The van der Waals surface area contributed by atoms with Crippen LogP contribution in [-0.2, 0) is 4.74 Å². The summed E-state index contributed by atoms with van der Waals surface area (Å²) < 4.78 is 7.50. The first kappa shape index (κ1) is 15.5. The van der Waals surface area contributed by atoms with Gasteiger partial charge in [-0.3, -0.25) is 4.57 Å². The molecule has 0 aromatic carbocycles. The van der Waals surface area contributed by atoms with Crippen LogP contribution in [0.1, 0.15) is 25.3 Å². The lowest BCUT2D eigenvalue weighted by Gasteiger charge is -2.30. The predicted octanol–water partition coefficient (Wildman–Crippen LogP) is 0.189. The van der Waals surface area contributed by atoms with Gasteiger partial charge in [0.25, 0.3) is 0 Å². The third kappa shape index (κ3) is 2.09. The molecule has 2 aromatic rings. The topological polar surface area (TPSA) is 116 Å². The molecular formula is C13H18N4O4S. The molecule has 1 saturated heterocycles. The van der Waals surface area contributed by atoms with Crippen LogP contribution in [0.25, 0.3) is 11.2 Å². The zero-order valence-corrected chi connectivity index (χ0v) is 13.0. The first-order valence-corrected chi connectivity index (χ1v) is 7.43. The van der Waals surface area contributed by atoms with Crippen molar-refractivity contribution in [2.75, 3.05) is 6.61 Å². The molecule has 0 saturated carbocycles. The Labute approximate surface area is 131 Å². The van der Waals surface area contributed by atoms with Gasteiger partial charge in [-0.25, -0.2) is 4.98 Å². The number of hydrogen-bond donors (Lipinski definition) is 4. The Morgan fingerprint density at radius 3 is 2.91 bits per heavy atom. The molecule has 4 atom stereocenters. The summed E-state index contributed by atoms with van der Waals surface area (Å²) in [6.07, 6.45) is -1.24. The quantitative estimate of drug-likeness (QED) is 0.595. The molecule has 3 rings (SSSR count). The van der Waals surface area contributed by atoms with Crippen LogP contribution in [0.3, 0.4) is 0 Å². The van der Waals surface area contributed by atoms with Crippen molar-refractivity contribution >= 4 is 23.4 Å². The van der Waals surface area contributed by atoms with Gasteiger partial charge in [-0.15, -0.1) is 0 Å². The molecule has 0 bridgehead atoms. The SMILES string of the molecule is CC[C@@]1(O)[C@H](O)[C@@H](CO)O[C@H]1n1cnc2c(C)[nH]c(=S)nc21. The van der Waals surface area contributed by atoms with E-state index in [2.05, 4.69) is 15.0 Å². The van der Waals surface area contributed by atoms with E-state index in [1.807, 2.05) is 6.92 Å². The number of nitrogens with zero attached hydrogens (tertiary/aromatic N) is 3. The first-order chi connectivity index (χ1) is 10.4. The summed E-state index contributed by atoms with van der Waals surface area (Å²) in [5.41, 5.74) is 0.283. The number of aliphatic hydroxyl groups excluding tert-OH is 2. The van der Waals surface area contributed by atoms with Gasteiger partial charge in [0.2, 0.25) is 0 Å². The Balaban J connectivity index is 2.16. The fourth-order valence-electron chi connectivity index (χ4n) is 2.90. The molecule has 22 heavy (non-hydrogen) atoms. The zero-order chi connectivity index (χ0) is 16.1. The molecule has 1 aliphatic heterocycles. The lowest BCUT2D eigenvalue weighted by atomic mass is 9.91. The second-order valence-corrected chi connectivity index (χ2v) is 5.88. The average molecular weight is 326 g/mol. The lowest BCUT2D eigenvalue weighted by Crippen LogP contribution is -2.46. The fourth-order valence-corrected chi connectivity index (χ4v) is 3.14. The third-order valence-corrected chi connectivity index (χ3v) is 4.41. The Hall–Kier alpha value is -1.39. The first-order valence-electron chi connectivity index (χ1n) is 7.02. The maximum Gasteiger partial charge on any atom is 0.199 e. The highest BCUT2D eigenvalue weighted by Gasteiger charge is 2.55. The number of imidazole rings is 1. The largest absolute Gasteiger partial charge is 0.394 e. The van der Waals surface area contributed by atoms with E-state index in [0.717, 1.165) is 5.69 Å². The minimum Gasteiger partial charge on any atom is -0.394 e. The van der Waals surface area contributed by atoms with Gasteiger partial charge in [0, 0.05) is 5.69 Å². The van der Waals surface area contributed by atoms with Crippen molar-refractivity contribution in [2.45, 2.75) is 44.3 Å². The van der Waals surface area contributed by atoms with Crippen molar-refractivity contribution in [1.82, 2.24) is 19.5 Å². The molecule has 9 heteroatoms. The van der Waals surface area contributed by atoms with E-state index >= 15 is 0 Å². The third-order valence-electron chi connectivity index (χ3n) is 4.22. The van der Waals surface area contributed by atoms with Crippen LogP contribution in [0, 0.1) is 11.7 Å². The molecular weight excluding hydrogens is 308 g/mol. The van der Waals surface area contributed by atoms with Crippen molar-refractivity contribution in [1.29, 1.82) is 0 Å². The van der Waals surface area contributed by atoms with Crippen LogP contribution in [0.5, 0.6) is 0 Å². The Morgan fingerprint density at radius 2 is 2.27 bits per heavy atom. The monoisotopic (exact) mass is 326 g/mol. The number of ether oxygens (including phenoxy) is 1. The summed E-state index contributed by atoms with van der Waals surface area (Å²) in [4.78, 5) is 11.4. The normalized spacial score (nSPS) is 32.0. The number of aryl methyl sites for hydroxylation is 1. The van der Waals surface area contributed by atoms with Crippen LogP contribution >= 0.6 is 12.2 Å². The zero-order valence-electron chi connectivity index (χ0n) is 12.2. The van der Waals surface area contributed by atoms with Gasteiger partial charge in [-0.2, -0.15) is 4.98 Å². The van der Waals surface area contributed by atoms with E-state index in [9.17, 15) is 15.3 Å². The molecule has 4 N–H and O–H groups in total. The lowest BCUT2D eigenvalue weighted by molar-refractivity contribution is -0.109. The van der Waals surface area contributed by atoms with Crippen LogP contribution < -0.4 is 0 Å². The van der Waals surface area contributed by atoms with E-state index in [-0.39, 0.29) is 13.0 Å². The number of aromatic nitrogens is 4. The highest BCUT2D eigenvalue weighted by molar-refractivity contribution is 7.71. The number of hydrogen-bond acceptors (Lipinski definition) is 7. The van der Waals surface area contributed by atoms with Gasteiger partial charge in [0.1, 0.15) is 23.3 Å². The minimum atomic E-state index is -1.54. The van der Waals surface area contributed by atoms with Crippen LogP contribution in [0.2, 0.25) is 0 Å². The molecule has 0 radical (unpaired) electrons. The number of rotatable bonds is 3. The molecule has 1 fully saturated rings. The van der Waals surface area contributed by atoms with Crippen LogP contribution in [-0.4, -0.2) is 59.3 Å². The maximum absolute atomic E-state index is 10.8. The number of aromatic amines is 1. The van der Waals surface area contributed by atoms with E-state index < -0.39 is 24.0 Å². The number of H-pyrrole nitrogens is 1. The summed E-state index contributed by atoms with van der Waals surface area (Å²) in [7, 11) is 0. The number of nitrogens with one attached hydrogen (secondary N) is 1. The summed E-state index contributed by atoms with van der Waals surface area (Å²) in [6, 6.07) is 0. The van der Waals surface area contributed by atoms with Gasteiger partial charge in [0.05, 0.1) is 12.9 Å². The molecule has 0 spiro atoms. The van der Waals surface area contributed by atoms with Gasteiger partial charge >= 0.3 is 0 Å². The minimum absolute atomic E-state index is 0.244. The standard InChI is InChI=1S/C13H18N4O4S/c1-3-13(20)9(19)7(4-18)21-11(13)17-5-14-8-6(2)15-12(22)16-10(8)17/h5,7,9,11,18-20H,3-4H2,1-2H3,(H,15,16,22)/t7-,9-,11-,13-/m1/s1. The summed E-state index contributed by atoms with van der Waals surface area (Å²) in [5, 5.41) is 30.4. The summed E-state index contributed by atoms with van der Waals surface area (Å²) in [5.74, 6) is 0. The highest BCUT2D eigenvalue weighted by Crippen LogP contribution is 2.41. The van der Waals surface area contributed by atoms with Gasteiger partial charge < -0.3 is 25.0 Å².